The topological polar surface area (TPSA) is 56.3 Å². The molecule has 0 aliphatic heterocycles. The maximum absolute atomic E-state index is 10.8. The zero-order chi connectivity index (χ0) is 12.0. The number of allylic oxidation sites excluding steroid dienone is 3. The first kappa shape index (κ1) is 10.3. The minimum Gasteiger partial charge on any atom is -0.401 e. The van der Waals surface area contributed by atoms with Crippen molar-refractivity contribution < 1.29 is 9.34 Å². The van der Waals surface area contributed by atoms with Gasteiger partial charge in [-0.15, -0.1) is 0 Å². The summed E-state index contributed by atoms with van der Waals surface area (Å²) in [6.45, 7) is 1.78. The molecule has 1 heterocycles. The predicted octanol–water partition coefficient (Wildman–Crippen LogP) is 3.40. The van der Waals surface area contributed by atoms with Crippen LogP contribution in [0.1, 0.15) is 29.7 Å². The Morgan fingerprint density at radius 3 is 3.12 bits per heavy atom. The lowest BCUT2D eigenvalue weighted by atomic mass is 9.80. The van der Waals surface area contributed by atoms with Gasteiger partial charge in [0, 0.05) is 5.56 Å². The second kappa shape index (κ2) is 3.58. The van der Waals surface area contributed by atoms with Gasteiger partial charge in [0.1, 0.15) is 10.7 Å². The number of nitrogens with zero attached hydrogens (tertiary/aromatic N) is 1. The van der Waals surface area contributed by atoms with Crippen molar-refractivity contribution in [2.24, 2.45) is 5.92 Å². The van der Waals surface area contributed by atoms with E-state index in [1.807, 2.05) is 6.08 Å². The molecule has 0 saturated heterocycles. The van der Waals surface area contributed by atoms with E-state index < -0.39 is 4.92 Å². The second-order valence-electron chi connectivity index (χ2n) is 4.66. The fourth-order valence-electron chi connectivity index (χ4n) is 2.70. The highest BCUT2D eigenvalue weighted by atomic mass is 16.6. The first-order valence-corrected chi connectivity index (χ1v) is 5.81. The van der Waals surface area contributed by atoms with E-state index in [1.165, 1.54) is 5.57 Å². The number of hydrogen-bond donors (Lipinski definition) is 0. The number of nitro groups is 1. The predicted molar refractivity (Wildman–Crippen MR) is 63.6 cm³/mol. The summed E-state index contributed by atoms with van der Waals surface area (Å²) in [5, 5.41) is 10.8. The van der Waals surface area contributed by atoms with Gasteiger partial charge in [-0.25, -0.2) is 0 Å². The van der Waals surface area contributed by atoms with Crippen LogP contribution in [-0.2, 0) is 6.42 Å². The molecule has 1 aromatic rings. The Morgan fingerprint density at radius 2 is 2.35 bits per heavy atom. The van der Waals surface area contributed by atoms with Crippen LogP contribution in [0.5, 0.6) is 0 Å². The lowest BCUT2D eigenvalue weighted by Crippen LogP contribution is -2.13. The zero-order valence-corrected chi connectivity index (χ0v) is 9.60. The summed E-state index contributed by atoms with van der Waals surface area (Å²) in [5.41, 5.74) is 2.95. The van der Waals surface area contributed by atoms with Crippen LogP contribution in [0.15, 0.2) is 22.1 Å². The minimum atomic E-state index is -0.439. The summed E-state index contributed by atoms with van der Waals surface area (Å²) >= 11 is 0. The third-order valence-electron chi connectivity index (χ3n) is 3.66. The molecule has 4 nitrogen and oxygen atoms in total. The third-order valence-corrected chi connectivity index (χ3v) is 3.66. The van der Waals surface area contributed by atoms with Crippen molar-refractivity contribution in [3.8, 4) is 0 Å². The van der Waals surface area contributed by atoms with Crippen LogP contribution in [0, 0.1) is 23.0 Å². The zero-order valence-electron chi connectivity index (χ0n) is 9.60. The van der Waals surface area contributed by atoms with Crippen molar-refractivity contribution in [3.63, 3.8) is 0 Å². The fraction of sp³-hybridized carbons (Fsp3) is 0.385. The van der Waals surface area contributed by atoms with Crippen molar-refractivity contribution in [2.45, 2.75) is 26.2 Å². The molecule has 0 radical (unpaired) electrons. The molecule has 88 valence electrons. The smallest absolute Gasteiger partial charge is 0.401 e. The number of fused-ring (bicyclic) bond motifs is 2. The molecule has 0 bridgehead atoms. The molecule has 1 unspecified atom stereocenters. The number of furan rings is 1. The van der Waals surface area contributed by atoms with Gasteiger partial charge in [-0.05, 0) is 43.8 Å². The molecule has 0 N–H and O–H groups in total. The molecule has 0 amide bonds. The molecule has 0 aromatic carbocycles. The van der Waals surface area contributed by atoms with E-state index in [9.17, 15) is 10.1 Å². The molecular formula is C13H13NO3. The molecule has 0 fully saturated rings. The quantitative estimate of drug-likeness (QED) is 0.549. The highest BCUT2D eigenvalue weighted by Gasteiger charge is 2.30. The van der Waals surface area contributed by atoms with Crippen LogP contribution >= 0.6 is 0 Å². The molecule has 17 heavy (non-hydrogen) atoms. The van der Waals surface area contributed by atoms with E-state index in [0.29, 0.717) is 17.2 Å². The van der Waals surface area contributed by atoms with Crippen LogP contribution in [0.3, 0.4) is 0 Å². The number of hydrogen-bond acceptors (Lipinski definition) is 3. The molecule has 0 spiro atoms. The first-order chi connectivity index (χ1) is 8.16. The second-order valence-corrected chi connectivity index (χ2v) is 4.66. The first-order valence-electron chi connectivity index (χ1n) is 5.81. The summed E-state index contributed by atoms with van der Waals surface area (Å²) in [7, 11) is 0. The number of rotatable bonds is 1. The normalized spacial score (nSPS) is 21.7. The Labute approximate surface area is 98.8 Å². The van der Waals surface area contributed by atoms with Crippen molar-refractivity contribution in [3.05, 3.63) is 44.7 Å². The Hall–Kier alpha value is -1.84. The summed E-state index contributed by atoms with van der Waals surface area (Å²) in [5.74, 6) is 1.07. The summed E-state index contributed by atoms with van der Waals surface area (Å²) < 4.78 is 5.34. The minimum absolute atomic E-state index is 0.102. The Bertz CT molecular complexity index is 551. The van der Waals surface area contributed by atoms with Crippen molar-refractivity contribution >= 4 is 12.0 Å². The maximum Gasteiger partial charge on any atom is 0.436 e. The SMILES string of the molecule is Cc1c([N+](=O)[O-])oc2c1CC1CCC=CC1=C2. The van der Waals surface area contributed by atoms with Gasteiger partial charge in [0.15, 0.2) is 0 Å². The third kappa shape index (κ3) is 1.52. The maximum atomic E-state index is 10.8. The van der Waals surface area contributed by atoms with Crippen LogP contribution < -0.4 is 0 Å². The lowest BCUT2D eigenvalue weighted by molar-refractivity contribution is -0.402. The molecule has 2 aliphatic carbocycles. The van der Waals surface area contributed by atoms with Gasteiger partial charge in [0.05, 0.1) is 5.56 Å². The highest BCUT2D eigenvalue weighted by Crippen LogP contribution is 2.40. The van der Waals surface area contributed by atoms with E-state index in [2.05, 4.69) is 12.2 Å². The molecule has 2 aliphatic rings. The van der Waals surface area contributed by atoms with Crippen LogP contribution in [-0.4, -0.2) is 4.92 Å². The highest BCUT2D eigenvalue weighted by molar-refractivity contribution is 5.63. The van der Waals surface area contributed by atoms with Gasteiger partial charge in [-0.1, -0.05) is 12.2 Å². The van der Waals surface area contributed by atoms with Crippen molar-refractivity contribution in [1.82, 2.24) is 0 Å². The van der Waals surface area contributed by atoms with Crippen LogP contribution in [0.2, 0.25) is 0 Å². The molecule has 1 aromatic heterocycles. The van der Waals surface area contributed by atoms with Gasteiger partial charge in [0.25, 0.3) is 0 Å². The molecule has 0 saturated carbocycles. The molecular weight excluding hydrogens is 218 g/mol. The van der Waals surface area contributed by atoms with E-state index in [0.717, 1.165) is 24.8 Å². The van der Waals surface area contributed by atoms with Crippen LogP contribution in [0.25, 0.3) is 6.08 Å². The standard InChI is InChI=1S/C13H13NO3/c1-8-11-6-9-4-2-3-5-10(9)7-12(11)17-13(8)14(15)16/h3,5,7,9H,2,4,6H2,1H3. The van der Waals surface area contributed by atoms with Gasteiger partial charge >= 0.3 is 5.88 Å². The Balaban J connectivity index is 2.11. The Morgan fingerprint density at radius 1 is 1.53 bits per heavy atom. The van der Waals surface area contributed by atoms with E-state index in [1.54, 1.807) is 6.92 Å². The Kier molecular flexibility index (Phi) is 2.18. The lowest BCUT2D eigenvalue weighted by Gasteiger charge is -2.24. The molecule has 1 atom stereocenters. The molecule has 4 heteroatoms. The average molecular weight is 231 g/mol. The largest absolute Gasteiger partial charge is 0.436 e. The summed E-state index contributed by atoms with van der Waals surface area (Å²) in [4.78, 5) is 10.4. The van der Waals surface area contributed by atoms with Gasteiger partial charge in [0.2, 0.25) is 0 Å². The molecule has 3 rings (SSSR count). The van der Waals surface area contributed by atoms with Gasteiger partial charge < -0.3 is 4.42 Å². The summed E-state index contributed by atoms with van der Waals surface area (Å²) in [6, 6.07) is 0. The van der Waals surface area contributed by atoms with E-state index >= 15 is 0 Å². The van der Waals surface area contributed by atoms with Gasteiger partial charge in [-0.3, -0.25) is 10.1 Å². The monoisotopic (exact) mass is 231 g/mol. The average Bonchev–Trinajstić information content (AvgIpc) is 2.64. The van der Waals surface area contributed by atoms with Crippen molar-refractivity contribution in [2.75, 3.05) is 0 Å². The van der Waals surface area contributed by atoms with Crippen molar-refractivity contribution in [1.29, 1.82) is 0 Å². The van der Waals surface area contributed by atoms with E-state index in [-0.39, 0.29) is 5.88 Å². The summed E-state index contributed by atoms with van der Waals surface area (Å²) in [6.07, 6.45) is 9.31. The van der Waals surface area contributed by atoms with Crippen LogP contribution in [0.4, 0.5) is 5.88 Å². The van der Waals surface area contributed by atoms with E-state index in [4.69, 9.17) is 4.42 Å². The fourth-order valence-corrected chi connectivity index (χ4v) is 2.70. The van der Waals surface area contributed by atoms with Gasteiger partial charge in [-0.2, -0.15) is 0 Å².